The fraction of sp³-hybridized carbons (Fsp3) is 0.438. The molecule has 0 saturated carbocycles. The number of nitrogens with two attached hydrogens (primary N) is 1. The summed E-state index contributed by atoms with van der Waals surface area (Å²) in [5.41, 5.74) is 7.42. The van der Waals surface area contributed by atoms with Crippen molar-refractivity contribution < 1.29 is 4.79 Å². The minimum atomic E-state index is -0.131. The monoisotopic (exact) mass is 315 g/mol. The number of allylic oxidation sites excluding steroid dienone is 3. The number of anilines is 1. The molecule has 0 bridgehead atoms. The second-order valence-electron chi connectivity index (χ2n) is 6.19. The molecule has 2 aliphatic rings. The van der Waals surface area contributed by atoms with Crippen molar-refractivity contribution in [1.29, 1.82) is 0 Å². The second kappa shape index (κ2) is 5.57. The van der Waals surface area contributed by atoms with Crippen LogP contribution in [0, 0.1) is 0 Å². The van der Waals surface area contributed by atoms with Crippen molar-refractivity contribution in [3.63, 3.8) is 0 Å². The van der Waals surface area contributed by atoms with Crippen LogP contribution < -0.4 is 16.6 Å². The highest BCUT2D eigenvalue weighted by atomic mass is 16.1. The van der Waals surface area contributed by atoms with Crippen molar-refractivity contribution in [1.82, 2.24) is 9.36 Å². The summed E-state index contributed by atoms with van der Waals surface area (Å²) in [5, 5.41) is 3.31. The van der Waals surface area contributed by atoms with Gasteiger partial charge in [-0.2, -0.15) is 0 Å². The van der Waals surface area contributed by atoms with Crippen LogP contribution in [0.2, 0.25) is 0 Å². The summed E-state index contributed by atoms with van der Waals surface area (Å²) in [6.45, 7) is 7.21. The van der Waals surface area contributed by atoms with Gasteiger partial charge in [0.1, 0.15) is 0 Å². The molecule has 0 amide bonds. The van der Waals surface area contributed by atoms with E-state index in [4.69, 9.17) is 5.73 Å². The molecule has 7 nitrogen and oxygen atoms in total. The average molecular weight is 315 g/mol. The van der Waals surface area contributed by atoms with E-state index in [-0.39, 0.29) is 23.1 Å². The van der Waals surface area contributed by atoms with Gasteiger partial charge in [-0.15, -0.1) is 0 Å². The average Bonchev–Trinajstić information content (AvgIpc) is 3.03. The van der Waals surface area contributed by atoms with Crippen LogP contribution in [0.4, 0.5) is 11.5 Å². The standard InChI is InChI=1S/C16H21N5O2/c1-9(2)18-15-14(16(23)21-6-4-5-20(15)21)19-12-7-10(3)13(22)8-11(12)17/h7-9,18H,4-6,17H2,1-3H3/b19-12+. The maximum atomic E-state index is 12.6. The Morgan fingerprint density at radius 1 is 1.22 bits per heavy atom. The van der Waals surface area contributed by atoms with Crippen LogP contribution in [-0.4, -0.2) is 26.9 Å². The third-order valence-electron chi connectivity index (χ3n) is 3.93. The third-order valence-corrected chi connectivity index (χ3v) is 3.93. The van der Waals surface area contributed by atoms with Gasteiger partial charge in [0.2, 0.25) is 0 Å². The molecule has 7 heteroatoms. The van der Waals surface area contributed by atoms with Crippen molar-refractivity contribution >= 4 is 23.0 Å². The number of hydrogen-bond acceptors (Lipinski definition) is 5. The fourth-order valence-electron chi connectivity index (χ4n) is 2.82. The first-order valence-electron chi connectivity index (χ1n) is 7.77. The summed E-state index contributed by atoms with van der Waals surface area (Å²) in [5.74, 6) is 0.587. The molecule has 3 N–H and O–H groups in total. The highest BCUT2D eigenvalue weighted by Crippen LogP contribution is 2.27. The van der Waals surface area contributed by atoms with Crippen molar-refractivity contribution in [3.05, 3.63) is 33.8 Å². The number of rotatable bonds is 3. The van der Waals surface area contributed by atoms with E-state index >= 15 is 0 Å². The lowest BCUT2D eigenvalue weighted by molar-refractivity contribution is -0.111. The lowest BCUT2D eigenvalue weighted by Gasteiger charge is -2.13. The van der Waals surface area contributed by atoms with Crippen LogP contribution in [-0.2, 0) is 17.9 Å². The number of hydrogen-bond donors (Lipinski definition) is 2. The Kier molecular flexibility index (Phi) is 3.71. The zero-order valence-electron chi connectivity index (χ0n) is 13.6. The zero-order chi connectivity index (χ0) is 16.7. The molecule has 1 aromatic rings. The molecule has 0 spiro atoms. The molecule has 0 radical (unpaired) electrons. The number of aromatic nitrogens is 2. The summed E-state index contributed by atoms with van der Waals surface area (Å²) in [6, 6.07) is 0.173. The number of carbonyl (C=O) groups excluding carboxylic acids is 1. The quantitative estimate of drug-likeness (QED) is 0.822. The normalized spacial score (nSPS) is 19.1. The minimum Gasteiger partial charge on any atom is -0.397 e. The van der Waals surface area contributed by atoms with Crippen LogP contribution in [0.5, 0.6) is 0 Å². The molecular formula is C16H21N5O2. The Bertz CT molecular complexity index is 820. The summed E-state index contributed by atoms with van der Waals surface area (Å²) in [6.07, 6.45) is 3.92. The number of carbonyl (C=O) groups is 1. The molecule has 3 rings (SSSR count). The van der Waals surface area contributed by atoms with E-state index in [2.05, 4.69) is 10.3 Å². The molecule has 0 fully saturated rings. The Labute approximate surface area is 134 Å². The molecule has 1 aliphatic heterocycles. The van der Waals surface area contributed by atoms with Gasteiger partial charge in [0.05, 0.1) is 11.4 Å². The van der Waals surface area contributed by atoms with Gasteiger partial charge in [-0.25, -0.2) is 9.67 Å². The predicted octanol–water partition coefficient (Wildman–Crippen LogP) is 1.32. The molecular weight excluding hydrogens is 294 g/mol. The van der Waals surface area contributed by atoms with Crippen molar-refractivity contribution in [2.24, 2.45) is 10.7 Å². The molecule has 23 heavy (non-hydrogen) atoms. The first kappa shape index (κ1) is 15.3. The third kappa shape index (κ3) is 2.62. The SMILES string of the molecule is CC1=C/C(=N\c2c(NC(C)C)n3n(c2=O)CCC3)C(N)=CC1=O. The highest BCUT2D eigenvalue weighted by molar-refractivity contribution is 6.22. The van der Waals surface area contributed by atoms with Crippen molar-refractivity contribution in [2.45, 2.75) is 46.3 Å². The zero-order valence-corrected chi connectivity index (χ0v) is 13.6. The van der Waals surface area contributed by atoms with Gasteiger partial charge >= 0.3 is 0 Å². The molecule has 1 aromatic heterocycles. The van der Waals surface area contributed by atoms with Gasteiger partial charge in [-0.05, 0) is 38.8 Å². The highest BCUT2D eigenvalue weighted by Gasteiger charge is 2.24. The number of nitrogens with one attached hydrogen (secondary N) is 1. The lowest BCUT2D eigenvalue weighted by Crippen LogP contribution is -2.19. The van der Waals surface area contributed by atoms with Crippen LogP contribution >= 0.6 is 0 Å². The van der Waals surface area contributed by atoms with E-state index in [1.807, 2.05) is 18.5 Å². The van der Waals surface area contributed by atoms with Crippen LogP contribution in [0.3, 0.4) is 0 Å². The predicted molar refractivity (Wildman–Crippen MR) is 90.2 cm³/mol. The maximum Gasteiger partial charge on any atom is 0.294 e. The van der Waals surface area contributed by atoms with Gasteiger partial charge in [0.25, 0.3) is 5.56 Å². The van der Waals surface area contributed by atoms with Gasteiger partial charge in [-0.1, -0.05) is 0 Å². The van der Waals surface area contributed by atoms with E-state index in [9.17, 15) is 9.59 Å². The Balaban J connectivity index is 2.14. The summed E-state index contributed by atoms with van der Waals surface area (Å²) in [7, 11) is 0. The number of fused-ring (bicyclic) bond motifs is 1. The molecule has 122 valence electrons. The fourth-order valence-corrected chi connectivity index (χ4v) is 2.82. The van der Waals surface area contributed by atoms with E-state index in [0.717, 1.165) is 13.0 Å². The smallest absolute Gasteiger partial charge is 0.294 e. The van der Waals surface area contributed by atoms with Gasteiger partial charge in [0.15, 0.2) is 17.3 Å². The molecule has 1 aliphatic carbocycles. The summed E-state index contributed by atoms with van der Waals surface area (Å²) >= 11 is 0. The van der Waals surface area contributed by atoms with E-state index in [0.29, 0.717) is 29.3 Å². The van der Waals surface area contributed by atoms with Crippen molar-refractivity contribution in [3.8, 4) is 0 Å². The first-order chi connectivity index (χ1) is 10.9. The molecule has 2 heterocycles. The van der Waals surface area contributed by atoms with Crippen molar-refractivity contribution in [2.75, 3.05) is 5.32 Å². The number of aliphatic imine (C=N–C) groups is 1. The molecule has 0 aromatic carbocycles. The minimum absolute atomic E-state index is 0.127. The summed E-state index contributed by atoms with van der Waals surface area (Å²) < 4.78 is 3.64. The Morgan fingerprint density at radius 3 is 2.61 bits per heavy atom. The Morgan fingerprint density at radius 2 is 1.91 bits per heavy atom. The van der Waals surface area contributed by atoms with Gasteiger partial charge in [-0.3, -0.25) is 14.3 Å². The van der Waals surface area contributed by atoms with E-state index in [1.54, 1.807) is 17.7 Å². The molecule has 0 saturated heterocycles. The Hall–Kier alpha value is -2.57. The second-order valence-corrected chi connectivity index (χ2v) is 6.19. The van der Waals surface area contributed by atoms with Gasteiger partial charge in [0, 0.05) is 25.2 Å². The molecule has 0 atom stereocenters. The maximum absolute atomic E-state index is 12.6. The largest absolute Gasteiger partial charge is 0.397 e. The summed E-state index contributed by atoms with van der Waals surface area (Å²) in [4.78, 5) is 28.7. The van der Waals surface area contributed by atoms with Crippen LogP contribution in [0.1, 0.15) is 27.2 Å². The van der Waals surface area contributed by atoms with Gasteiger partial charge < -0.3 is 11.1 Å². The lowest BCUT2D eigenvalue weighted by atomic mass is 10.0. The molecule has 0 unspecified atom stereocenters. The topological polar surface area (TPSA) is 94.4 Å². The number of nitrogens with zero attached hydrogens (tertiary/aromatic N) is 3. The van der Waals surface area contributed by atoms with Crippen LogP contribution in [0.25, 0.3) is 0 Å². The number of ketones is 1. The van der Waals surface area contributed by atoms with E-state index in [1.165, 1.54) is 6.08 Å². The van der Waals surface area contributed by atoms with Crippen LogP contribution in [0.15, 0.2) is 33.2 Å². The van der Waals surface area contributed by atoms with E-state index < -0.39 is 0 Å². The first-order valence-corrected chi connectivity index (χ1v) is 7.77.